The van der Waals surface area contributed by atoms with Crippen LogP contribution in [0.3, 0.4) is 0 Å². The van der Waals surface area contributed by atoms with Gasteiger partial charge in [0.05, 0.1) is 34.0 Å². The fraction of sp³-hybridized carbons (Fsp3) is 0.222. The normalized spacial score (nSPS) is 13.3. The van der Waals surface area contributed by atoms with E-state index in [2.05, 4.69) is 0 Å². The fourth-order valence-corrected chi connectivity index (χ4v) is 3.80. The summed E-state index contributed by atoms with van der Waals surface area (Å²) >= 11 is 0. The second kappa shape index (κ2) is 9.79. The molecule has 0 saturated heterocycles. The Morgan fingerprint density at radius 3 is 2.26 bits per heavy atom. The maximum absolute atomic E-state index is 13.1. The van der Waals surface area contributed by atoms with Gasteiger partial charge in [-0.15, -0.1) is 0 Å². The van der Waals surface area contributed by atoms with Crippen molar-refractivity contribution < 1.29 is 33.2 Å². The largest absolute Gasteiger partial charge is 0.497 e. The standard InChI is InChI=1S/C27H26O7/c1-16-9-20(33-15-17-7-6-8-19(10-17)29-2)13-24-26(16)27(28)25(34-24)12-18-11-22(31-4)23(32-5)14-21(18)30-3/h6-14H,15H2,1-5H3/b25-12-. The van der Waals surface area contributed by atoms with Crippen LogP contribution in [0.5, 0.6) is 34.5 Å². The number of allylic oxidation sites excluding steroid dienone is 1. The molecule has 0 aliphatic carbocycles. The number of aryl methyl sites for hydroxylation is 1. The average Bonchev–Trinajstić information content (AvgIpc) is 3.17. The number of Topliss-reactive ketones (excluding diaryl/α,β-unsaturated/α-hetero) is 1. The van der Waals surface area contributed by atoms with Crippen LogP contribution < -0.4 is 28.4 Å². The van der Waals surface area contributed by atoms with Gasteiger partial charge in [0.15, 0.2) is 17.3 Å². The molecule has 0 spiro atoms. The Hall–Kier alpha value is -4.13. The van der Waals surface area contributed by atoms with Crippen LogP contribution in [0, 0.1) is 6.92 Å². The number of methoxy groups -OCH3 is 4. The summed E-state index contributed by atoms with van der Waals surface area (Å²) in [6, 6.07) is 14.7. The van der Waals surface area contributed by atoms with Gasteiger partial charge in [-0.25, -0.2) is 0 Å². The lowest BCUT2D eigenvalue weighted by atomic mass is 10.0. The molecule has 1 aliphatic rings. The van der Waals surface area contributed by atoms with Gasteiger partial charge in [0.2, 0.25) is 5.78 Å². The van der Waals surface area contributed by atoms with Gasteiger partial charge in [0.25, 0.3) is 0 Å². The Morgan fingerprint density at radius 2 is 1.56 bits per heavy atom. The highest BCUT2D eigenvalue weighted by Crippen LogP contribution is 2.40. The molecule has 7 heteroatoms. The topological polar surface area (TPSA) is 72.5 Å². The Labute approximate surface area is 198 Å². The number of hydrogen-bond donors (Lipinski definition) is 0. The first-order chi connectivity index (χ1) is 16.5. The number of ether oxygens (including phenoxy) is 6. The molecular weight excluding hydrogens is 436 g/mol. The number of fused-ring (bicyclic) bond motifs is 1. The molecule has 0 unspecified atom stereocenters. The highest BCUT2D eigenvalue weighted by Gasteiger charge is 2.30. The Bertz CT molecular complexity index is 1260. The van der Waals surface area contributed by atoms with Crippen LogP contribution in [0.4, 0.5) is 0 Å². The second-order valence-electron chi connectivity index (χ2n) is 7.64. The molecule has 34 heavy (non-hydrogen) atoms. The van der Waals surface area contributed by atoms with Crippen LogP contribution in [0.2, 0.25) is 0 Å². The molecule has 1 heterocycles. The van der Waals surface area contributed by atoms with Crippen molar-refractivity contribution in [1.82, 2.24) is 0 Å². The van der Waals surface area contributed by atoms with E-state index in [0.717, 1.165) is 16.9 Å². The van der Waals surface area contributed by atoms with Crippen molar-refractivity contribution in [3.8, 4) is 34.5 Å². The number of ketones is 1. The summed E-state index contributed by atoms with van der Waals surface area (Å²) in [6.45, 7) is 2.22. The smallest absolute Gasteiger partial charge is 0.232 e. The predicted molar refractivity (Wildman–Crippen MR) is 128 cm³/mol. The summed E-state index contributed by atoms with van der Waals surface area (Å²) in [5, 5.41) is 0. The van der Waals surface area contributed by atoms with E-state index in [1.807, 2.05) is 37.3 Å². The zero-order valence-electron chi connectivity index (χ0n) is 19.8. The minimum atomic E-state index is -0.205. The van der Waals surface area contributed by atoms with Crippen molar-refractivity contribution in [2.45, 2.75) is 13.5 Å². The van der Waals surface area contributed by atoms with Crippen molar-refractivity contribution in [3.63, 3.8) is 0 Å². The summed E-state index contributed by atoms with van der Waals surface area (Å²) in [4.78, 5) is 13.1. The molecule has 176 valence electrons. The molecule has 0 atom stereocenters. The number of carbonyl (C=O) groups excluding carboxylic acids is 1. The number of benzene rings is 3. The van der Waals surface area contributed by atoms with E-state index in [0.29, 0.717) is 46.5 Å². The van der Waals surface area contributed by atoms with E-state index in [-0.39, 0.29) is 11.5 Å². The van der Waals surface area contributed by atoms with Crippen LogP contribution in [0.1, 0.15) is 27.0 Å². The van der Waals surface area contributed by atoms with Gasteiger partial charge in [-0.1, -0.05) is 12.1 Å². The van der Waals surface area contributed by atoms with Gasteiger partial charge >= 0.3 is 0 Å². The molecule has 3 aromatic carbocycles. The van der Waals surface area contributed by atoms with Crippen molar-refractivity contribution in [2.75, 3.05) is 28.4 Å². The first-order valence-corrected chi connectivity index (χ1v) is 10.6. The van der Waals surface area contributed by atoms with E-state index in [1.165, 1.54) is 0 Å². The van der Waals surface area contributed by atoms with Crippen molar-refractivity contribution in [2.24, 2.45) is 0 Å². The van der Waals surface area contributed by atoms with Crippen LogP contribution in [0.15, 0.2) is 54.3 Å². The highest BCUT2D eigenvalue weighted by molar-refractivity contribution is 6.15. The third-order valence-corrected chi connectivity index (χ3v) is 5.51. The van der Waals surface area contributed by atoms with Crippen LogP contribution in [0.25, 0.3) is 6.08 Å². The molecule has 0 fully saturated rings. The lowest BCUT2D eigenvalue weighted by molar-refractivity contribution is 0.101. The summed E-state index contributed by atoms with van der Waals surface area (Å²) in [5.74, 6) is 3.38. The summed E-state index contributed by atoms with van der Waals surface area (Å²) in [7, 11) is 6.27. The minimum absolute atomic E-state index is 0.188. The minimum Gasteiger partial charge on any atom is -0.497 e. The summed E-state index contributed by atoms with van der Waals surface area (Å²) < 4.78 is 33.3. The molecule has 0 N–H and O–H groups in total. The second-order valence-corrected chi connectivity index (χ2v) is 7.64. The van der Waals surface area contributed by atoms with E-state index in [4.69, 9.17) is 28.4 Å². The van der Waals surface area contributed by atoms with Crippen molar-refractivity contribution in [3.05, 3.63) is 76.5 Å². The van der Waals surface area contributed by atoms with Crippen LogP contribution >= 0.6 is 0 Å². The maximum Gasteiger partial charge on any atom is 0.232 e. The SMILES string of the molecule is COc1cccc(COc2cc(C)c3c(c2)O/C(=C\c2cc(OC)c(OC)cc2OC)C3=O)c1. The Kier molecular flexibility index (Phi) is 6.63. The van der Waals surface area contributed by atoms with E-state index >= 15 is 0 Å². The summed E-state index contributed by atoms with van der Waals surface area (Å²) in [5.41, 5.74) is 2.88. The molecule has 7 nitrogen and oxygen atoms in total. The molecule has 1 aliphatic heterocycles. The lowest BCUT2D eigenvalue weighted by Gasteiger charge is -2.12. The third-order valence-electron chi connectivity index (χ3n) is 5.51. The van der Waals surface area contributed by atoms with E-state index in [9.17, 15) is 4.79 Å². The van der Waals surface area contributed by atoms with E-state index < -0.39 is 0 Å². The van der Waals surface area contributed by atoms with Gasteiger partial charge in [-0.05, 0) is 48.4 Å². The van der Waals surface area contributed by atoms with Crippen molar-refractivity contribution in [1.29, 1.82) is 0 Å². The lowest BCUT2D eigenvalue weighted by Crippen LogP contribution is -2.01. The van der Waals surface area contributed by atoms with E-state index in [1.54, 1.807) is 52.7 Å². The molecule has 4 rings (SSSR count). The highest BCUT2D eigenvalue weighted by atomic mass is 16.5. The molecule has 0 amide bonds. The van der Waals surface area contributed by atoms with Gasteiger partial charge in [-0.2, -0.15) is 0 Å². The molecule has 3 aromatic rings. The van der Waals surface area contributed by atoms with Gasteiger partial charge in [0, 0.05) is 17.7 Å². The van der Waals surface area contributed by atoms with Gasteiger partial charge in [-0.3, -0.25) is 4.79 Å². The monoisotopic (exact) mass is 462 g/mol. The first-order valence-electron chi connectivity index (χ1n) is 10.6. The number of carbonyl (C=O) groups is 1. The first kappa shape index (κ1) is 23.0. The molecule has 0 radical (unpaired) electrons. The molecule has 0 bridgehead atoms. The zero-order valence-corrected chi connectivity index (χ0v) is 19.8. The average molecular weight is 462 g/mol. The van der Waals surface area contributed by atoms with Crippen LogP contribution in [-0.4, -0.2) is 34.2 Å². The van der Waals surface area contributed by atoms with Crippen LogP contribution in [-0.2, 0) is 6.61 Å². The Balaban J connectivity index is 1.60. The summed E-state index contributed by atoms with van der Waals surface area (Å²) in [6.07, 6.45) is 1.64. The third kappa shape index (κ3) is 4.50. The van der Waals surface area contributed by atoms with Gasteiger partial charge < -0.3 is 28.4 Å². The molecular formula is C27H26O7. The predicted octanol–water partition coefficient (Wildman–Crippen LogP) is 5.22. The van der Waals surface area contributed by atoms with Gasteiger partial charge in [0.1, 0.15) is 29.6 Å². The number of rotatable bonds is 8. The van der Waals surface area contributed by atoms with Crippen molar-refractivity contribution >= 4 is 11.9 Å². The zero-order chi connectivity index (χ0) is 24.2. The molecule has 0 aromatic heterocycles. The molecule has 0 saturated carbocycles. The fourth-order valence-electron chi connectivity index (χ4n) is 3.80. The Morgan fingerprint density at radius 1 is 0.824 bits per heavy atom. The quantitative estimate of drug-likeness (QED) is 0.425. The maximum atomic E-state index is 13.1. The number of hydrogen-bond acceptors (Lipinski definition) is 7.